The first-order valence-electron chi connectivity index (χ1n) is 8.43. The summed E-state index contributed by atoms with van der Waals surface area (Å²) in [6.07, 6.45) is 6.69. The van der Waals surface area contributed by atoms with E-state index in [-0.39, 0.29) is 17.5 Å². The van der Waals surface area contributed by atoms with Crippen LogP contribution in [0.2, 0.25) is 0 Å². The molecule has 3 aliphatic rings. The Balaban J connectivity index is 1.97. The highest BCUT2D eigenvalue weighted by Gasteiger charge is 2.68. The third-order valence-corrected chi connectivity index (χ3v) is 6.31. The van der Waals surface area contributed by atoms with Gasteiger partial charge in [0, 0.05) is 11.1 Å². The second-order valence-corrected chi connectivity index (χ2v) is 7.71. The summed E-state index contributed by atoms with van der Waals surface area (Å²) in [5, 5.41) is 0. The van der Waals surface area contributed by atoms with Gasteiger partial charge in [-0.05, 0) is 39.0 Å². The van der Waals surface area contributed by atoms with E-state index in [1.807, 2.05) is 31.2 Å². The molecule has 0 bridgehead atoms. The molecule has 23 heavy (non-hydrogen) atoms. The summed E-state index contributed by atoms with van der Waals surface area (Å²) in [7, 11) is 0. The Bertz CT molecular complexity index is 794. The van der Waals surface area contributed by atoms with Gasteiger partial charge in [0.05, 0.1) is 10.8 Å². The van der Waals surface area contributed by atoms with Crippen molar-refractivity contribution in [3.63, 3.8) is 0 Å². The molecular weight excluding hydrogens is 284 g/mol. The first-order chi connectivity index (χ1) is 10.9. The monoisotopic (exact) mass is 306 g/mol. The molecule has 1 saturated carbocycles. The molecule has 3 atom stereocenters. The van der Waals surface area contributed by atoms with Gasteiger partial charge < -0.3 is 0 Å². The van der Waals surface area contributed by atoms with E-state index in [9.17, 15) is 9.59 Å². The molecule has 0 aromatic heterocycles. The van der Waals surface area contributed by atoms with Gasteiger partial charge in [-0.2, -0.15) is 0 Å². The van der Waals surface area contributed by atoms with Crippen molar-refractivity contribution < 1.29 is 9.59 Å². The highest BCUT2D eigenvalue weighted by molar-refractivity contribution is 6.20. The fourth-order valence-corrected chi connectivity index (χ4v) is 4.72. The predicted molar refractivity (Wildman–Crippen MR) is 90.5 cm³/mol. The molecule has 0 unspecified atom stereocenters. The molecule has 0 spiro atoms. The zero-order chi connectivity index (χ0) is 16.4. The minimum Gasteiger partial charge on any atom is -0.293 e. The molecule has 0 heterocycles. The van der Waals surface area contributed by atoms with Crippen molar-refractivity contribution in [2.45, 2.75) is 40.0 Å². The Labute approximate surface area is 137 Å². The van der Waals surface area contributed by atoms with Crippen LogP contribution >= 0.6 is 0 Å². The maximum atomic E-state index is 13.5. The highest BCUT2D eigenvalue weighted by atomic mass is 16.1. The molecule has 2 heteroatoms. The van der Waals surface area contributed by atoms with E-state index in [2.05, 4.69) is 26.0 Å². The second kappa shape index (κ2) is 4.53. The third kappa shape index (κ3) is 1.69. The van der Waals surface area contributed by atoms with Crippen LogP contribution in [-0.2, 0) is 0 Å². The summed E-state index contributed by atoms with van der Waals surface area (Å²) in [4.78, 5) is 26.9. The Kier molecular flexibility index (Phi) is 2.88. The summed E-state index contributed by atoms with van der Waals surface area (Å²) in [5.41, 5.74) is 2.62. The summed E-state index contributed by atoms with van der Waals surface area (Å²) in [6.45, 7) is 6.16. The summed E-state index contributed by atoms with van der Waals surface area (Å²) in [5.74, 6) is 0.587. The van der Waals surface area contributed by atoms with E-state index in [0.29, 0.717) is 24.0 Å². The predicted octanol–water partition coefficient (Wildman–Crippen LogP) is 4.76. The molecule has 118 valence electrons. The van der Waals surface area contributed by atoms with Crippen molar-refractivity contribution in [3.8, 4) is 0 Å². The molecule has 0 N–H and O–H groups in total. The topological polar surface area (TPSA) is 34.1 Å². The molecule has 0 aliphatic heterocycles. The SMILES string of the molecule is CC(C)=CC[C@@]12CC=C3C[C@@H]3[C@]1(C)C(=O)c1ccccc1C2=O. The first kappa shape index (κ1) is 14.6. The number of ketones is 2. The van der Waals surface area contributed by atoms with Crippen LogP contribution in [0.4, 0.5) is 0 Å². The number of fused-ring (bicyclic) bond motifs is 4. The van der Waals surface area contributed by atoms with Gasteiger partial charge in [0.1, 0.15) is 0 Å². The first-order valence-corrected chi connectivity index (χ1v) is 8.43. The standard InChI is InChI=1S/C21H22O2/c1-13(2)8-10-21-11-9-14-12-17(14)20(21,3)18(22)15-6-4-5-7-16(15)19(21)23/h4-9,17H,10-12H2,1-3H3/t17-,20+,21-/m0/s1. The van der Waals surface area contributed by atoms with Crippen molar-refractivity contribution in [2.24, 2.45) is 16.7 Å². The lowest BCUT2D eigenvalue weighted by molar-refractivity contribution is 0.0207. The van der Waals surface area contributed by atoms with Gasteiger partial charge in [-0.3, -0.25) is 9.59 Å². The Hall–Kier alpha value is -1.96. The normalized spacial score (nSPS) is 34.0. The molecule has 3 aliphatic carbocycles. The van der Waals surface area contributed by atoms with Crippen molar-refractivity contribution >= 4 is 11.6 Å². The minimum atomic E-state index is -0.611. The maximum Gasteiger partial charge on any atom is 0.171 e. The molecule has 0 amide bonds. The van der Waals surface area contributed by atoms with Gasteiger partial charge in [0.15, 0.2) is 11.6 Å². The lowest BCUT2D eigenvalue weighted by atomic mass is 9.48. The summed E-state index contributed by atoms with van der Waals surface area (Å²) in [6, 6.07) is 7.38. The fourth-order valence-electron chi connectivity index (χ4n) is 4.72. The summed E-state index contributed by atoms with van der Waals surface area (Å²) < 4.78 is 0. The van der Waals surface area contributed by atoms with Gasteiger partial charge in [0.25, 0.3) is 0 Å². The molecule has 4 rings (SSSR count). The number of allylic oxidation sites excluding steroid dienone is 4. The van der Waals surface area contributed by atoms with Crippen molar-refractivity contribution in [3.05, 3.63) is 58.7 Å². The number of carbonyl (C=O) groups excluding carboxylic acids is 2. The maximum absolute atomic E-state index is 13.5. The van der Waals surface area contributed by atoms with E-state index in [4.69, 9.17) is 0 Å². The number of hydrogen-bond acceptors (Lipinski definition) is 2. The third-order valence-electron chi connectivity index (χ3n) is 6.31. The largest absolute Gasteiger partial charge is 0.293 e. The molecule has 1 fully saturated rings. The van der Waals surface area contributed by atoms with E-state index < -0.39 is 10.8 Å². The quantitative estimate of drug-likeness (QED) is 0.738. The van der Waals surface area contributed by atoms with Crippen LogP contribution in [0.25, 0.3) is 0 Å². The number of carbonyl (C=O) groups is 2. The second-order valence-electron chi connectivity index (χ2n) is 7.71. The lowest BCUT2D eigenvalue weighted by Crippen LogP contribution is -2.56. The molecule has 0 saturated heterocycles. The lowest BCUT2D eigenvalue weighted by Gasteiger charge is -2.51. The number of rotatable bonds is 2. The number of Topliss-reactive ketones (excluding diaryl/α,β-unsaturated/α-hetero) is 2. The number of hydrogen-bond donors (Lipinski definition) is 0. The summed E-state index contributed by atoms with van der Waals surface area (Å²) >= 11 is 0. The minimum absolute atomic E-state index is 0.162. The Morgan fingerprint density at radius 2 is 1.83 bits per heavy atom. The Morgan fingerprint density at radius 1 is 1.17 bits per heavy atom. The molecule has 0 radical (unpaired) electrons. The molecule has 1 aromatic rings. The van der Waals surface area contributed by atoms with Crippen molar-refractivity contribution in [2.75, 3.05) is 0 Å². The van der Waals surface area contributed by atoms with Crippen molar-refractivity contribution in [1.29, 1.82) is 0 Å². The van der Waals surface area contributed by atoms with Gasteiger partial charge >= 0.3 is 0 Å². The van der Waals surface area contributed by atoms with Gasteiger partial charge in [0.2, 0.25) is 0 Å². The smallest absolute Gasteiger partial charge is 0.171 e. The van der Waals surface area contributed by atoms with Gasteiger partial charge in [-0.15, -0.1) is 0 Å². The Morgan fingerprint density at radius 3 is 2.48 bits per heavy atom. The van der Waals surface area contributed by atoms with Crippen LogP contribution < -0.4 is 0 Å². The van der Waals surface area contributed by atoms with Gasteiger partial charge in [-0.1, -0.05) is 54.5 Å². The zero-order valence-corrected chi connectivity index (χ0v) is 14.0. The van der Waals surface area contributed by atoms with E-state index in [0.717, 1.165) is 6.42 Å². The van der Waals surface area contributed by atoms with Crippen LogP contribution in [0.1, 0.15) is 60.7 Å². The van der Waals surface area contributed by atoms with Crippen LogP contribution in [0.3, 0.4) is 0 Å². The fraction of sp³-hybridized carbons (Fsp3) is 0.429. The van der Waals surface area contributed by atoms with Crippen LogP contribution in [0.15, 0.2) is 47.6 Å². The van der Waals surface area contributed by atoms with E-state index in [1.54, 1.807) is 0 Å². The number of benzene rings is 1. The highest BCUT2D eigenvalue weighted by Crippen LogP contribution is 2.68. The molecular formula is C21H22O2. The van der Waals surface area contributed by atoms with Crippen LogP contribution in [0.5, 0.6) is 0 Å². The van der Waals surface area contributed by atoms with Crippen LogP contribution in [0, 0.1) is 16.7 Å². The van der Waals surface area contributed by atoms with Gasteiger partial charge in [-0.25, -0.2) is 0 Å². The zero-order valence-electron chi connectivity index (χ0n) is 14.0. The van der Waals surface area contributed by atoms with E-state index >= 15 is 0 Å². The molecule has 1 aromatic carbocycles. The average Bonchev–Trinajstić information content (AvgIpc) is 3.33. The van der Waals surface area contributed by atoms with E-state index in [1.165, 1.54) is 11.1 Å². The van der Waals surface area contributed by atoms with Crippen molar-refractivity contribution in [1.82, 2.24) is 0 Å². The molecule has 2 nitrogen and oxygen atoms in total. The van der Waals surface area contributed by atoms with Crippen LogP contribution in [-0.4, -0.2) is 11.6 Å². The average molecular weight is 306 g/mol.